The Morgan fingerprint density at radius 2 is 0.862 bits per heavy atom. The van der Waals surface area contributed by atoms with E-state index in [0.717, 1.165) is 0 Å². The topological polar surface area (TPSA) is 0 Å². The van der Waals surface area contributed by atoms with Gasteiger partial charge < -0.3 is 24.8 Å². The van der Waals surface area contributed by atoms with Crippen LogP contribution in [0, 0.1) is 0 Å². The van der Waals surface area contributed by atoms with Crippen LogP contribution in [0.3, 0.4) is 0 Å². The van der Waals surface area contributed by atoms with Crippen LogP contribution in [0.1, 0.15) is 52.7 Å². The van der Waals surface area contributed by atoms with Gasteiger partial charge in [-0.25, -0.2) is 0 Å². The molecule has 0 saturated heterocycles. The van der Waals surface area contributed by atoms with Gasteiger partial charge in [0, 0.05) is 0 Å². The van der Waals surface area contributed by atoms with E-state index in [1.54, 1.807) is 0 Å². The van der Waals surface area contributed by atoms with Crippen LogP contribution < -0.4 is 24.8 Å². The Morgan fingerprint density at radius 3 is 1.14 bits per heavy atom. The molecule has 0 amide bonds. The van der Waals surface area contributed by atoms with Gasteiger partial charge in [0.15, 0.2) is 0 Å². The van der Waals surface area contributed by atoms with Crippen molar-refractivity contribution in [2.75, 3.05) is 0 Å². The van der Waals surface area contributed by atoms with Gasteiger partial charge in [0.2, 0.25) is 0 Å². The Bertz CT molecular complexity index is 860. The second kappa shape index (κ2) is 10.9. The first-order valence-corrected chi connectivity index (χ1v) is 9.46. The summed E-state index contributed by atoms with van der Waals surface area (Å²) in [5, 5.41) is 5.42. The van der Waals surface area contributed by atoms with Crippen LogP contribution in [-0.2, 0) is 37.0 Å². The molecule has 0 spiro atoms. The Hall–Kier alpha value is -0.877. The Balaban J connectivity index is 0.000000490. The third kappa shape index (κ3) is 7.09. The first-order valence-electron chi connectivity index (χ1n) is 9.46. The van der Waals surface area contributed by atoms with Crippen molar-refractivity contribution in [3.05, 3.63) is 83.9 Å². The largest absolute Gasteiger partial charge is 4.00 e. The number of benzene rings is 2. The van der Waals surface area contributed by atoms with E-state index in [1.165, 1.54) is 32.7 Å². The third-order valence-electron chi connectivity index (χ3n) is 4.97. The molecule has 0 fully saturated rings. The van der Waals surface area contributed by atoms with E-state index in [9.17, 15) is 0 Å². The minimum atomic E-state index is 0. The molecule has 152 valence electrons. The summed E-state index contributed by atoms with van der Waals surface area (Å²) in [5.41, 5.74) is 3.38. The molecule has 0 atom stereocenters. The zero-order chi connectivity index (χ0) is 18.9. The monoisotopic (exact) mass is 502 g/mol. The summed E-state index contributed by atoms with van der Waals surface area (Å²) in [7, 11) is 0. The standard InChI is InChI=1S/2C13H15.2ClH.Zr/c2*1-13(2,3)12-8-10-6-4-5-7-11(10)9-12;;;/h2*4-9H,1-3H3;2*1H;/q2*-1;;;+4/p-2. The molecule has 0 saturated carbocycles. The maximum atomic E-state index is 2.29. The summed E-state index contributed by atoms with van der Waals surface area (Å²) in [6.07, 6.45) is 0. The predicted octanol–water partition coefficient (Wildman–Crippen LogP) is 1.72. The molecule has 0 N–H and O–H groups in total. The van der Waals surface area contributed by atoms with Crippen LogP contribution in [0.25, 0.3) is 21.5 Å². The molecule has 29 heavy (non-hydrogen) atoms. The maximum Gasteiger partial charge on any atom is 4.00 e. The van der Waals surface area contributed by atoms with Gasteiger partial charge >= 0.3 is 26.2 Å². The molecule has 4 aromatic carbocycles. The van der Waals surface area contributed by atoms with Crippen LogP contribution in [0.4, 0.5) is 0 Å². The molecule has 0 unspecified atom stereocenters. The smallest absolute Gasteiger partial charge is 1.00 e. The fourth-order valence-electron chi connectivity index (χ4n) is 3.17. The van der Waals surface area contributed by atoms with E-state index >= 15 is 0 Å². The molecule has 0 nitrogen and oxygen atoms in total. The zero-order valence-electron chi connectivity index (χ0n) is 18.2. The van der Waals surface area contributed by atoms with Crippen LogP contribution in [0.15, 0.2) is 72.8 Å². The third-order valence-corrected chi connectivity index (χ3v) is 4.97. The van der Waals surface area contributed by atoms with Crippen molar-refractivity contribution in [1.82, 2.24) is 0 Å². The number of rotatable bonds is 0. The van der Waals surface area contributed by atoms with Crippen molar-refractivity contribution in [3.8, 4) is 0 Å². The molecule has 0 aromatic heterocycles. The molecule has 0 radical (unpaired) electrons. The molecule has 0 aliphatic heterocycles. The van der Waals surface area contributed by atoms with E-state index in [4.69, 9.17) is 0 Å². The van der Waals surface area contributed by atoms with Gasteiger partial charge in [-0.3, -0.25) is 0 Å². The SMILES string of the molecule is CC(C)(C)c1cc2ccccc2[cH-]1.CC(C)(C)c1cc2ccccc2[cH-]1.[Cl-].[Cl-].[Zr+4]. The number of hydrogen-bond acceptors (Lipinski definition) is 0. The van der Waals surface area contributed by atoms with Crippen molar-refractivity contribution >= 4 is 21.5 Å². The molecule has 0 bridgehead atoms. The maximum absolute atomic E-state index is 2.29. The molecule has 4 rings (SSSR count). The summed E-state index contributed by atoms with van der Waals surface area (Å²) >= 11 is 0. The van der Waals surface area contributed by atoms with Crippen LogP contribution in [-0.4, -0.2) is 0 Å². The van der Waals surface area contributed by atoms with Crippen molar-refractivity contribution < 1.29 is 51.0 Å². The first kappa shape index (κ1) is 28.1. The zero-order valence-corrected chi connectivity index (χ0v) is 22.2. The molecular formula is C26H30Cl2Zr. The van der Waals surface area contributed by atoms with Gasteiger partial charge in [0.25, 0.3) is 0 Å². The van der Waals surface area contributed by atoms with Gasteiger partial charge in [-0.2, -0.15) is 12.1 Å². The van der Waals surface area contributed by atoms with Crippen molar-refractivity contribution in [1.29, 1.82) is 0 Å². The summed E-state index contributed by atoms with van der Waals surface area (Å²) in [6, 6.07) is 26.2. The summed E-state index contributed by atoms with van der Waals surface area (Å²) < 4.78 is 0. The van der Waals surface area contributed by atoms with E-state index < -0.39 is 0 Å². The van der Waals surface area contributed by atoms with Gasteiger partial charge in [-0.05, 0) is 10.8 Å². The second-order valence-electron chi connectivity index (χ2n) is 9.25. The second-order valence-corrected chi connectivity index (χ2v) is 9.25. The molecular weight excluding hydrogens is 474 g/mol. The van der Waals surface area contributed by atoms with Gasteiger partial charge in [0.05, 0.1) is 0 Å². The van der Waals surface area contributed by atoms with E-state index in [1.807, 2.05) is 0 Å². The summed E-state index contributed by atoms with van der Waals surface area (Å²) in [5.74, 6) is 0. The summed E-state index contributed by atoms with van der Waals surface area (Å²) in [4.78, 5) is 0. The van der Waals surface area contributed by atoms with Crippen LogP contribution in [0.2, 0.25) is 0 Å². The molecule has 0 aliphatic rings. The van der Waals surface area contributed by atoms with Gasteiger partial charge in [-0.1, -0.05) is 53.7 Å². The van der Waals surface area contributed by atoms with Crippen molar-refractivity contribution in [2.45, 2.75) is 52.4 Å². The fourth-order valence-corrected chi connectivity index (χ4v) is 3.17. The van der Waals surface area contributed by atoms with Crippen LogP contribution in [0.5, 0.6) is 0 Å². The Labute approximate surface area is 207 Å². The average molecular weight is 505 g/mol. The molecule has 3 heteroatoms. The van der Waals surface area contributed by atoms with Gasteiger partial charge in [-0.15, -0.1) is 81.2 Å². The minimum absolute atomic E-state index is 0. The average Bonchev–Trinajstić information content (AvgIpc) is 3.19. The Morgan fingerprint density at radius 1 is 0.552 bits per heavy atom. The van der Waals surface area contributed by atoms with E-state index in [0.29, 0.717) is 0 Å². The Kier molecular flexibility index (Phi) is 10.6. The van der Waals surface area contributed by atoms with Crippen molar-refractivity contribution in [2.24, 2.45) is 0 Å². The quantitative estimate of drug-likeness (QED) is 0.320. The molecule has 0 aliphatic carbocycles. The minimum Gasteiger partial charge on any atom is -1.00 e. The van der Waals surface area contributed by atoms with Crippen molar-refractivity contribution in [3.63, 3.8) is 0 Å². The number of hydrogen-bond donors (Lipinski definition) is 0. The predicted molar refractivity (Wildman–Crippen MR) is 116 cm³/mol. The van der Waals surface area contributed by atoms with E-state index in [-0.39, 0.29) is 61.8 Å². The first-order chi connectivity index (χ1) is 12.1. The summed E-state index contributed by atoms with van der Waals surface area (Å²) in [6.45, 7) is 13.5. The van der Waals surface area contributed by atoms with Gasteiger partial charge in [0.1, 0.15) is 0 Å². The number of fused-ring (bicyclic) bond motifs is 2. The van der Waals surface area contributed by atoms with Crippen LogP contribution >= 0.6 is 0 Å². The van der Waals surface area contributed by atoms with E-state index in [2.05, 4.69) is 114 Å². The normalized spacial score (nSPS) is 11.0. The fraction of sp³-hybridized carbons (Fsp3) is 0.308. The number of halogens is 2. The molecule has 4 aromatic rings. The molecule has 0 heterocycles.